The van der Waals surface area contributed by atoms with E-state index in [2.05, 4.69) is 10.3 Å². The van der Waals surface area contributed by atoms with Crippen molar-refractivity contribution in [3.05, 3.63) is 35.8 Å². The van der Waals surface area contributed by atoms with E-state index in [1.807, 2.05) is 35.7 Å². The van der Waals surface area contributed by atoms with Crippen LogP contribution in [0.1, 0.15) is 24.2 Å². The summed E-state index contributed by atoms with van der Waals surface area (Å²) in [5.74, 6) is 0.0754. The quantitative estimate of drug-likeness (QED) is 0.783. The van der Waals surface area contributed by atoms with Crippen molar-refractivity contribution in [1.29, 1.82) is 0 Å². The third-order valence-corrected chi connectivity index (χ3v) is 3.27. The van der Waals surface area contributed by atoms with E-state index in [0.29, 0.717) is 26.0 Å². The molecular weight excluding hydrogens is 254 g/mol. The van der Waals surface area contributed by atoms with Crippen LogP contribution in [0.3, 0.4) is 0 Å². The summed E-state index contributed by atoms with van der Waals surface area (Å²) < 4.78 is 6.99. The monoisotopic (exact) mass is 275 g/mol. The molecule has 1 amide bonds. The van der Waals surface area contributed by atoms with Crippen molar-refractivity contribution in [3.8, 4) is 0 Å². The van der Waals surface area contributed by atoms with Gasteiger partial charge in [-0.3, -0.25) is 4.79 Å². The number of ether oxygens (including phenoxy) is 1. The zero-order chi connectivity index (χ0) is 14.4. The van der Waals surface area contributed by atoms with E-state index in [1.54, 1.807) is 7.11 Å². The minimum Gasteiger partial charge on any atom is -0.385 e. The number of hydrogen-bond acceptors (Lipinski definition) is 3. The average molecular weight is 275 g/mol. The topological polar surface area (TPSA) is 55.6 Å². The first-order chi connectivity index (χ1) is 9.72. The fourth-order valence-corrected chi connectivity index (χ4v) is 2.23. The largest absolute Gasteiger partial charge is 0.385 e. The number of carbonyl (C=O) groups is 1. The van der Waals surface area contributed by atoms with E-state index in [4.69, 9.17) is 4.74 Å². The zero-order valence-corrected chi connectivity index (χ0v) is 12.1. The van der Waals surface area contributed by atoms with Crippen LogP contribution in [0, 0.1) is 6.92 Å². The molecule has 0 aliphatic heterocycles. The van der Waals surface area contributed by atoms with E-state index < -0.39 is 0 Å². The van der Waals surface area contributed by atoms with Gasteiger partial charge in [0.05, 0.1) is 5.69 Å². The van der Waals surface area contributed by atoms with E-state index in [-0.39, 0.29) is 5.91 Å². The maximum Gasteiger partial charge on any atom is 0.220 e. The van der Waals surface area contributed by atoms with Crippen molar-refractivity contribution >= 4 is 11.6 Å². The molecule has 2 aromatic rings. The van der Waals surface area contributed by atoms with Crippen LogP contribution < -0.4 is 5.32 Å². The molecule has 0 bridgehead atoms. The van der Waals surface area contributed by atoms with Gasteiger partial charge in [0, 0.05) is 38.6 Å². The lowest BCUT2D eigenvalue weighted by Gasteiger charge is -2.05. The molecular formula is C15H21N3O2. The Bertz CT molecular complexity index is 578. The lowest BCUT2D eigenvalue weighted by molar-refractivity contribution is -0.121. The number of aryl methyl sites for hydroxylation is 2. The van der Waals surface area contributed by atoms with Crippen LogP contribution in [0.25, 0.3) is 5.65 Å². The van der Waals surface area contributed by atoms with Gasteiger partial charge in [-0.2, -0.15) is 0 Å². The minimum absolute atomic E-state index is 0.0754. The first-order valence-electron chi connectivity index (χ1n) is 6.90. The second kappa shape index (κ2) is 7.05. The molecule has 0 atom stereocenters. The molecule has 0 saturated heterocycles. The number of nitrogens with one attached hydrogen (secondary N) is 1. The Balaban J connectivity index is 1.89. The first-order valence-corrected chi connectivity index (χ1v) is 6.90. The lowest BCUT2D eigenvalue weighted by Crippen LogP contribution is -2.25. The fraction of sp³-hybridized carbons (Fsp3) is 0.467. The SMILES string of the molecule is COCCCNC(=O)CCc1c(C)nc2ccccn12. The van der Waals surface area contributed by atoms with Gasteiger partial charge in [-0.05, 0) is 31.9 Å². The number of nitrogens with zero attached hydrogens (tertiary/aromatic N) is 2. The smallest absolute Gasteiger partial charge is 0.220 e. The third kappa shape index (κ3) is 3.57. The maximum absolute atomic E-state index is 11.8. The van der Waals surface area contributed by atoms with Crippen LogP contribution in [0.15, 0.2) is 24.4 Å². The van der Waals surface area contributed by atoms with Crippen molar-refractivity contribution in [2.75, 3.05) is 20.3 Å². The summed E-state index contributed by atoms with van der Waals surface area (Å²) in [6, 6.07) is 5.91. The first kappa shape index (κ1) is 14.5. The summed E-state index contributed by atoms with van der Waals surface area (Å²) in [5, 5.41) is 2.90. The molecule has 5 nitrogen and oxygen atoms in total. The van der Waals surface area contributed by atoms with Gasteiger partial charge in [0.2, 0.25) is 5.91 Å². The maximum atomic E-state index is 11.8. The normalized spacial score (nSPS) is 10.9. The Labute approximate surface area is 119 Å². The van der Waals surface area contributed by atoms with Crippen LogP contribution in [-0.2, 0) is 16.0 Å². The molecule has 0 unspecified atom stereocenters. The van der Waals surface area contributed by atoms with Crippen molar-refractivity contribution in [3.63, 3.8) is 0 Å². The molecule has 1 N–H and O–H groups in total. The zero-order valence-electron chi connectivity index (χ0n) is 12.1. The summed E-state index contributed by atoms with van der Waals surface area (Å²) in [5.41, 5.74) is 3.02. The minimum atomic E-state index is 0.0754. The number of hydrogen-bond donors (Lipinski definition) is 1. The van der Waals surface area contributed by atoms with Crippen molar-refractivity contribution < 1.29 is 9.53 Å². The summed E-state index contributed by atoms with van der Waals surface area (Å²) >= 11 is 0. The second-order valence-electron chi connectivity index (χ2n) is 4.77. The summed E-state index contributed by atoms with van der Waals surface area (Å²) in [7, 11) is 1.66. The van der Waals surface area contributed by atoms with Crippen molar-refractivity contribution in [1.82, 2.24) is 14.7 Å². The van der Waals surface area contributed by atoms with Gasteiger partial charge in [0.25, 0.3) is 0 Å². The van der Waals surface area contributed by atoms with Crippen molar-refractivity contribution in [2.45, 2.75) is 26.2 Å². The molecule has 108 valence electrons. The van der Waals surface area contributed by atoms with Gasteiger partial charge in [0.15, 0.2) is 0 Å². The van der Waals surface area contributed by atoms with Gasteiger partial charge in [-0.15, -0.1) is 0 Å². The Kier molecular flexibility index (Phi) is 5.12. The predicted molar refractivity (Wildman–Crippen MR) is 77.8 cm³/mol. The van der Waals surface area contributed by atoms with Crippen LogP contribution in [-0.4, -0.2) is 35.6 Å². The average Bonchev–Trinajstić information content (AvgIpc) is 2.77. The lowest BCUT2D eigenvalue weighted by atomic mass is 10.2. The number of carbonyl (C=O) groups excluding carboxylic acids is 1. The van der Waals surface area contributed by atoms with Crippen LogP contribution >= 0.6 is 0 Å². The number of amides is 1. The Morgan fingerprint density at radius 2 is 2.30 bits per heavy atom. The highest BCUT2D eigenvalue weighted by Gasteiger charge is 2.10. The molecule has 0 saturated carbocycles. The number of fused-ring (bicyclic) bond motifs is 1. The van der Waals surface area contributed by atoms with Crippen LogP contribution in [0.2, 0.25) is 0 Å². The standard InChI is InChI=1S/C15H21N3O2/c1-12-13(18-10-4-3-6-14(18)17-12)7-8-15(19)16-9-5-11-20-2/h3-4,6,10H,5,7-9,11H2,1-2H3,(H,16,19). The van der Waals surface area contributed by atoms with Gasteiger partial charge in [0.1, 0.15) is 5.65 Å². The van der Waals surface area contributed by atoms with E-state index in [0.717, 1.165) is 23.5 Å². The summed E-state index contributed by atoms with van der Waals surface area (Å²) in [6.07, 6.45) is 4.02. The van der Waals surface area contributed by atoms with E-state index in [1.165, 1.54) is 0 Å². The molecule has 0 fully saturated rings. The highest BCUT2D eigenvalue weighted by Crippen LogP contribution is 2.13. The van der Waals surface area contributed by atoms with Crippen LogP contribution in [0.4, 0.5) is 0 Å². The summed E-state index contributed by atoms with van der Waals surface area (Å²) in [6.45, 7) is 3.32. The fourth-order valence-electron chi connectivity index (χ4n) is 2.23. The number of pyridine rings is 1. The molecule has 0 aliphatic rings. The Morgan fingerprint density at radius 1 is 1.45 bits per heavy atom. The highest BCUT2D eigenvalue weighted by molar-refractivity contribution is 5.76. The van der Waals surface area contributed by atoms with Crippen LogP contribution in [0.5, 0.6) is 0 Å². The molecule has 0 aliphatic carbocycles. The molecule has 0 aromatic carbocycles. The van der Waals surface area contributed by atoms with Gasteiger partial charge >= 0.3 is 0 Å². The Morgan fingerprint density at radius 3 is 3.10 bits per heavy atom. The molecule has 0 spiro atoms. The molecule has 5 heteroatoms. The number of imidazole rings is 1. The molecule has 20 heavy (non-hydrogen) atoms. The Hall–Kier alpha value is -1.88. The van der Waals surface area contributed by atoms with Gasteiger partial charge in [-0.1, -0.05) is 6.07 Å². The van der Waals surface area contributed by atoms with E-state index >= 15 is 0 Å². The summed E-state index contributed by atoms with van der Waals surface area (Å²) in [4.78, 5) is 16.3. The number of methoxy groups -OCH3 is 1. The van der Waals surface area contributed by atoms with Crippen molar-refractivity contribution in [2.24, 2.45) is 0 Å². The molecule has 2 heterocycles. The highest BCUT2D eigenvalue weighted by atomic mass is 16.5. The second-order valence-corrected chi connectivity index (χ2v) is 4.77. The van der Waals surface area contributed by atoms with E-state index in [9.17, 15) is 4.79 Å². The van der Waals surface area contributed by atoms with Gasteiger partial charge < -0.3 is 14.5 Å². The molecule has 0 radical (unpaired) electrons. The van der Waals surface area contributed by atoms with Gasteiger partial charge in [-0.25, -0.2) is 4.98 Å². The molecule has 2 aromatic heterocycles. The number of aromatic nitrogens is 2. The molecule has 2 rings (SSSR count). The third-order valence-electron chi connectivity index (χ3n) is 3.27. The number of rotatable bonds is 7. The predicted octanol–water partition coefficient (Wildman–Crippen LogP) is 1.73.